The number of hydrogen-bond acceptors (Lipinski definition) is 2. The van der Waals surface area contributed by atoms with E-state index in [1.165, 1.54) is 17.7 Å². The Morgan fingerprint density at radius 1 is 1.04 bits per heavy atom. The predicted molar refractivity (Wildman–Crippen MR) is 89.0 cm³/mol. The summed E-state index contributed by atoms with van der Waals surface area (Å²) in [4.78, 5) is 16.5. The van der Waals surface area contributed by atoms with Gasteiger partial charge in [0.1, 0.15) is 5.82 Å². The fourth-order valence-corrected chi connectivity index (χ4v) is 3.02. The van der Waals surface area contributed by atoms with Crippen LogP contribution < -0.4 is 0 Å². The number of hydrogen-bond donors (Lipinski definition) is 0. The maximum atomic E-state index is 13.2. The number of halogens is 2. The summed E-state index contributed by atoms with van der Waals surface area (Å²) in [7, 11) is 0. The van der Waals surface area contributed by atoms with Gasteiger partial charge in [0.2, 0.25) is 0 Å². The van der Waals surface area contributed by atoms with Crippen molar-refractivity contribution in [3.05, 3.63) is 70.5 Å². The van der Waals surface area contributed by atoms with Crippen LogP contribution in [0.1, 0.15) is 15.9 Å². The topological polar surface area (TPSA) is 23.6 Å². The molecule has 2 aromatic carbocycles. The highest BCUT2D eigenvalue weighted by Crippen LogP contribution is 2.15. The molecular weight excluding hydrogens is 315 g/mol. The van der Waals surface area contributed by atoms with Gasteiger partial charge in [-0.25, -0.2) is 4.39 Å². The van der Waals surface area contributed by atoms with E-state index in [1.807, 2.05) is 18.2 Å². The van der Waals surface area contributed by atoms with E-state index in [9.17, 15) is 9.18 Å². The fourth-order valence-electron chi connectivity index (χ4n) is 2.81. The lowest BCUT2D eigenvalue weighted by molar-refractivity contribution is 0.0628. The van der Waals surface area contributed by atoms with Crippen LogP contribution in [0.5, 0.6) is 0 Å². The maximum Gasteiger partial charge on any atom is 0.254 e. The molecule has 0 aromatic heterocycles. The zero-order chi connectivity index (χ0) is 16.2. The smallest absolute Gasteiger partial charge is 0.254 e. The minimum atomic E-state index is -0.379. The lowest BCUT2D eigenvalue weighted by Crippen LogP contribution is -2.48. The third kappa shape index (κ3) is 4.09. The Morgan fingerprint density at radius 2 is 1.78 bits per heavy atom. The summed E-state index contributed by atoms with van der Waals surface area (Å²) in [6.07, 6.45) is 0. The predicted octanol–water partition coefficient (Wildman–Crippen LogP) is 3.44. The number of nitrogens with zero attached hydrogens (tertiary/aromatic N) is 2. The number of carbonyl (C=O) groups excluding carboxylic acids is 1. The molecule has 120 valence electrons. The summed E-state index contributed by atoms with van der Waals surface area (Å²) in [5, 5.41) is 0.738. The number of piperazine rings is 1. The molecule has 0 unspecified atom stereocenters. The zero-order valence-corrected chi connectivity index (χ0v) is 13.5. The van der Waals surface area contributed by atoms with Crippen LogP contribution in [0, 0.1) is 5.82 Å². The first-order valence-electron chi connectivity index (χ1n) is 7.63. The summed E-state index contributed by atoms with van der Waals surface area (Å²) in [5.74, 6) is -0.484. The van der Waals surface area contributed by atoms with E-state index in [4.69, 9.17) is 11.6 Å². The fraction of sp³-hybridized carbons (Fsp3) is 0.278. The van der Waals surface area contributed by atoms with Crippen molar-refractivity contribution < 1.29 is 9.18 Å². The number of rotatable bonds is 3. The monoisotopic (exact) mass is 332 g/mol. The number of amides is 1. The van der Waals surface area contributed by atoms with E-state index in [0.29, 0.717) is 18.7 Å². The van der Waals surface area contributed by atoms with Crippen LogP contribution in [0.4, 0.5) is 4.39 Å². The van der Waals surface area contributed by atoms with Gasteiger partial charge in [-0.15, -0.1) is 0 Å². The van der Waals surface area contributed by atoms with E-state index in [-0.39, 0.29) is 11.7 Å². The third-order valence-electron chi connectivity index (χ3n) is 4.03. The quantitative estimate of drug-likeness (QED) is 0.859. The zero-order valence-electron chi connectivity index (χ0n) is 12.7. The summed E-state index contributed by atoms with van der Waals surface area (Å²) in [5.41, 5.74) is 1.58. The van der Waals surface area contributed by atoms with Crippen LogP contribution in [-0.4, -0.2) is 41.9 Å². The third-order valence-corrected chi connectivity index (χ3v) is 4.26. The van der Waals surface area contributed by atoms with Crippen LogP contribution in [0.25, 0.3) is 0 Å². The Morgan fingerprint density at radius 3 is 2.48 bits per heavy atom. The molecule has 2 aromatic rings. The molecule has 0 radical (unpaired) electrons. The molecule has 3 rings (SSSR count). The van der Waals surface area contributed by atoms with Crippen molar-refractivity contribution in [2.24, 2.45) is 0 Å². The molecule has 0 atom stereocenters. The lowest BCUT2D eigenvalue weighted by atomic mass is 10.1. The van der Waals surface area contributed by atoms with Crippen molar-refractivity contribution in [1.82, 2.24) is 9.80 Å². The lowest BCUT2D eigenvalue weighted by Gasteiger charge is -2.34. The first kappa shape index (κ1) is 16.0. The number of benzene rings is 2. The molecule has 1 aliphatic rings. The van der Waals surface area contributed by atoms with E-state index >= 15 is 0 Å². The summed E-state index contributed by atoms with van der Waals surface area (Å²) < 4.78 is 13.2. The molecule has 0 bridgehead atoms. The highest BCUT2D eigenvalue weighted by molar-refractivity contribution is 6.30. The molecule has 1 aliphatic heterocycles. The van der Waals surface area contributed by atoms with Gasteiger partial charge < -0.3 is 4.90 Å². The Labute approximate surface area is 140 Å². The first-order chi connectivity index (χ1) is 11.1. The largest absolute Gasteiger partial charge is 0.336 e. The van der Waals surface area contributed by atoms with Crippen molar-refractivity contribution in [3.63, 3.8) is 0 Å². The van der Waals surface area contributed by atoms with Crippen molar-refractivity contribution in [3.8, 4) is 0 Å². The van der Waals surface area contributed by atoms with Gasteiger partial charge in [-0.2, -0.15) is 0 Å². The molecule has 3 nitrogen and oxygen atoms in total. The molecule has 0 spiro atoms. The van der Waals surface area contributed by atoms with Gasteiger partial charge in [0.05, 0.1) is 0 Å². The standard InChI is InChI=1S/C18H18ClFN2O/c19-16-5-1-3-14(11-16)13-21-7-9-22(10-8-21)18(23)15-4-2-6-17(20)12-15/h1-6,11-12H,7-10,13H2. The van der Waals surface area contributed by atoms with E-state index in [0.717, 1.165) is 24.7 Å². The summed E-state index contributed by atoms with van der Waals surface area (Å²) in [6, 6.07) is 13.7. The molecule has 0 aliphatic carbocycles. The Hall–Kier alpha value is -1.91. The second kappa shape index (κ2) is 7.11. The van der Waals surface area contributed by atoms with Crippen LogP contribution in [0.2, 0.25) is 5.02 Å². The molecule has 1 saturated heterocycles. The molecule has 5 heteroatoms. The van der Waals surface area contributed by atoms with E-state index in [2.05, 4.69) is 11.0 Å². The highest BCUT2D eigenvalue weighted by Gasteiger charge is 2.22. The molecule has 1 fully saturated rings. The van der Waals surface area contributed by atoms with Gasteiger partial charge in [-0.3, -0.25) is 9.69 Å². The molecule has 0 saturated carbocycles. The minimum Gasteiger partial charge on any atom is -0.336 e. The van der Waals surface area contributed by atoms with E-state index < -0.39 is 0 Å². The maximum absolute atomic E-state index is 13.2. The van der Waals surface area contributed by atoms with Gasteiger partial charge in [0.15, 0.2) is 0 Å². The molecule has 1 heterocycles. The summed E-state index contributed by atoms with van der Waals surface area (Å²) in [6.45, 7) is 3.72. The second-order valence-corrected chi connectivity index (χ2v) is 6.15. The molecule has 1 amide bonds. The minimum absolute atomic E-state index is 0.105. The number of carbonyl (C=O) groups is 1. The average molecular weight is 333 g/mol. The van der Waals surface area contributed by atoms with Gasteiger partial charge in [-0.05, 0) is 35.9 Å². The van der Waals surface area contributed by atoms with Crippen LogP contribution in [0.3, 0.4) is 0 Å². The Balaban J connectivity index is 1.57. The molecule has 0 N–H and O–H groups in total. The SMILES string of the molecule is O=C(c1cccc(F)c1)N1CCN(Cc2cccc(Cl)c2)CC1. The molecular formula is C18H18ClFN2O. The van der Waals surface area contributed by atoms with Crippen molar-refractivity contribution in [2.75, 3.05) is 26.2 Å². The second-order valence-electron chi connectivity index (χ2n) is 5.71. The van der Waals surface area contributed by atoms with Crippen molar-refractivity contribution in [2.45, 2.75) is 6.54 Å². The Bertz CT molecular complexity index is 699. The van der Waals surface area contributed by atoms with E-state index in [1.54, 1.807) is 17.0 Å². The normalized spacial score (nSPS) is 15.7. The van der Waals surface area contributed by atoms with Gasteiger partial charge in [0.25, 0.3) is 5.91 Å². The Kier molecular flexibility index (Phi) is 4.94. The molecule has 23 heavy (non-hydrogen) atoms. The summed E-state index contributed by atoms with van der Waals surface area (Å²) >= 11 is 6.01. The van der Waals surface area contributed by atoms with Gasteiger partial charge >= 0.3 is 0 Å². The van der Waals surface area contributed by atoms with Crippen molar-refractivity contribution in [1.29, 1.82) is 0 Å². The van der Waals surface area contributed by atoms with Crippen molar-refractivity contribution >= 4 is 17.5 Å². The van der Waals surface area contributed by atoms with Crippen LogP contribution in [0.15, 0.2) is 48.5 Å². The van der Waals surface area contributed by atoms with Crippen LogP contribution in [-0.2, 0) is 6.54 Å². The van der Waals surface area contributed by atoms with Gasteiger partial charge in [-0.1, -0.05) is 29.8 Å². The average Bonchev–Trinajstić information content (AvgIpc) is 2.55. The van der Waals surface area contributed by atoms with Gasteiger partial charge in [0, 0.05) is 43.3 Å². The van der Waals surface area contributed by atoms with Crippen LogP contribution >= 0.6 is 11.6 Å². The highest BCUT2D eigenvalue weighted by atomic mass is 35.5. The first-order valence-corrected chi connectivity index (χ1v) is 8.01.